The van der Waals surface area contributed by atoms with Crippen LogP contribution in [0.5, 0.6) is 0 Å². The van der Waals surface area contributed by atoms with Gasteiger partial charge in [-0.15, -0.1) is 11.3 Å². The number of carbonyl (C=O) groups excluding carboxylic acids is 3. The molecular formula is C31H39N5O5S2. The average Bonchev–Trinajstić information content (AvgIpc) is 3.33. The molecular weight excluding hydrogens is 587 g/mol. The third-order valence-electron chi connectivity index (χ3n) is 7.38. The van der Waals surface area contributed by atoms with Gasteiger partial charge in [-0.1, -0.05) is 30.3 Å². The van der Waals surface area contributed by atoms with Crippen LogP contribution in [0.25, 0.3) is 0 Å². The van der Waals surface area contributed by atoms with Gasteiger partial charge in [-0.05, 0) is 69.5 Å². The van der Waals surface area contributed by atoms with Crippen LogP contribution in [0.1, 0.15) is 64.4 Å². The Hall–Kier alpha value is -3.58. The zero-order chi connectivity index (χ0) is 31.5. The van der Waals surface area contributed by atoms with Crippen LogP contribution in [-0.4, -0.2) is 73.1 Å². The Morgan fingerprint density at radius 3 is 2.19 bits per heavy atom. The number of carbonyl (C=O) groups is 3. The van der Waals surface area contributed by atoms with Crippen LogP contribution in [0.2, 0.25) is 0 Å². The molecule has 2 N–H and O–H groups in total. The Morgan fingerprint density at radius 1 is 0.953 bits per heavy atom. The van der Waals surface area contributed by atoms with Gasteiger partial charge in [0.15, 0.2) is 0 Å². The second-order valence-electron chi connectivity index (χ2n) is 11.3. The third-order valence-corrected chi connectivity index (χ3v) is 10.5. The second kappa shape index (κ2) is 13.4. The van der Waals surface area contributed by atoms with Crippen LogP contribution in [0.4, 0.5) is 9.80 Å². The van der Waals surface area contributed by atoms with Crippen molar-refractivity contribution in [2.45, 2.75) is 64.2 Å². The van der Waals surface area contributed by atoms with Gasteiger partial charge in [0.25, 0.3) is 11.8 Å². The standard InChI is InChI=1S/C31H39N5O5S2/c1-20(2)35-17-16-25-26(19-35)42-30(27(25)29(38)33-31(39)34(5)6)32-28(37)23-12-14-24(15-13-23)43(40,41)36(21(3)4)18-22-10-8-7-9-11-22/h7-15,20-21H,16-19H2,1-6H3,(H,32,37)(H,33,38,39). The molecule has 1 aromatic heterocycles. The number of rotatable bonds is 9. The molecule has 230 valence electrons. The molecule has 2 heterocycles. The number of nitrogens with one attached hydrogen (secondary N) is 2. The Morgan fingerprint density at radius 2 is 1.60 bits per heavy atom. The number of anilines is 1. The number of fused-ring (bicyclic) bond motifs is 1. The molecule has 0 saturated heterocycles. The van der Waals surface area contributed by atoms with Crippen molar-refractivity contribution >= 4 is 44.2 Å². The van der Waals surface area contributed by atoms with E-state index >= 15 is 0 Å². The van der Waals surface area contributed by atoms with Crippen LogP contribution < -0.4 is 10.6 Å². The fraction of sp³-hybridized carbons (Fsp3) is 0.387. The minimum atomic E-state index is -3.84. The highest BCUT2D eigenvalue weighted by Gasteiger charge is 2.31. The van der Waals surface area contributed by atoms with Gasteiger partial charge in [0.05, 0.1) is 10.5 Å². The second-order valence-corrected chi connectivity index (χ2v) is 14.3. The number of imide groups is 1. The van der Waals surface area contributed by atoms with E-state index in [4.69, 9.17) is 0 Å². The molecule has 1 aliphatic heterocycles. The molecule has 1 aliphatic rings. The van der Waals surface area contributed by atoms with Crippen molar-refractivity contribution in [1.82, 2.24) is 19.4 Å². The molecule has 0 atom stereocenters. The first-order chi connectivity index (χ1) is 20.3. The van der Waals surface area contributed by atoms with Gasteiger partial charge >= 0.3 is 6.03 Å². The van der Waals surface area contributed by atoms with Crippen molar-refractivity contribution in [3.05, 3.63) is 81.7 Å². The lowest BCUT2D eigenvalue weighted by atomic mass is 10.0. The van der Waals surface area contributed by atoms with Crippen molar-refractivity contribution < 1.29 is 22.8 Å². The number of benzene rings is 2. The maximum absolute atomic E-state index is 13.5. The number of nitrogens with zero attached hydrogens (tertiary/aromatic N) is 3. The number of amides is 4. The summed E-state index contributed by atoms with van der Waals surface area (Å²) in [6, 6.07) is 14.6. The van der Waals surface area contributed by atoms with Crippen molar-refractivity contribution in [3.8, 4) is 0 Å². The summed E-state index contributed by atoms with van der Waals surface area (Å²) in [4.78, 5) is 43.5. The Kier molecular flexibility index (Phi) is 10.1. The molecule has 0 aliphatic carbocycles. The van der Waals surface area contributed by atoms with Gasteiger partial charge in [-0.25, -0.2) is 13.2 Å². The molecule has 3 aromatic rings. The summed E-state index contributed by atoms with van der Waals surface area (Å²) in [7, 11) is -0.756. The molecule has 0 fully saturated rings. The van der Waals surface area contributed by atoms with Crippen molar-refractivity contribution in [1.29, 1.82) is 0 Å². The quantitative estimate of drug-likeness (QED) is 0.354. The molecule has 43 heavy (non-hydrogen) atoms. The average molecular weight is 626 g/mol. The van der Waals surface area contributed by atoms with E-state index in [1.165, 1.54) is 44.8 Å². The summed E-state index contributed by atoms with van der Waals surface area (Å²) in [5.41, 5.74) is 2.23. The number of hydrogen-bond donors (Lipinski definition) is 2. The highest BCUT2D eigenvalue weighted by Crippen LogP contribution is 2.38. The van der Waals surface area contributed by atoms with E-state index in [1.807, 2.05) is 44.2 Å². The molecule has 0 saturated carbocycles. The van der Waals surface area contributed by atoms with E-state index in [0.29, 0.717) is 29.6 Å². The fourth-order valence-corrected chi connectivity index (χ4v) is 7.75. The molecule has 10 nitrogen and oxygen atoms in total. The predicted octanol–water partition coefficient (Wildman–Crippen LogP) is 4.78. The summed E-state index contributed by atoms with van der Waals surface area (Å²) in [6.07, 6.45) is 0.612. The molecule has 0 bridgehead atoms. The normalized spacial score (nSPS) is 13.7. The SMILES string of the molecule is CC(C)N1CCc2c(sc(NC(=O)c3ccc(S(=O)(=O)N(Cc4ccccc4)C(C)C)cc3)c2C(=O)NC(=O)N(C)C)C1. The summed E-state index contributed by atoms with van der Waals surface area (Å²) < 4.78 is 28.5. The van der Waals surface area contributed by atoms with E-state index in [9.17, 15) is 22.8 Å². The van der Waals surface area contributed by atoms with Gasteiger partial charge in [-0.2, -0.15) is 4.31 Å². The van der Waals surface area contributed by atoms with E-state index in [2.05, 4.69) is 29.4 Å². The molecule has 0 spiro atoms. The highest BCUT2D eigenvalue weighted by atomic mass is 32.2. The minimum Gasteiger partial charge on any atom is -0.331 e. The molecule has 0 radical (unpaired) electrons. The van der Waals surface area contributed by atoms with E-state index in [-0.39, 0.29) is 23.0 Å². The van der Waals surface area contributed by atoms with Gasteiger partial charge in [-0.3, -0.25) is 19.8 Å². The smallest absolute Gasteiger partial charge is 0.323 e. The lowest BCUT2D eigenvalue weighted by Gasteiger charge is -2.30. The topological polar surface area (TPSA) is 119 Å². The van der Waals surface area contributed by atoms with Gasteiger partial charge < -0.3 is 10.2 Å². The van der Waals surface area contributed by atoms with E-state index in [0.717, 1.165) is 22.5 Å². The van der Waals surface area contributed by atoms with Crippen molar-refractivity contribution in [2.75, 3.05) is 26.0 Å². The first kappa shape index (κ1) is 32.3. The molecule has 4 rings (SSSR count). The molecule has 2 aromatic carbocycles. The van der Waals surface area contributed by atoms with Crippen LogP contribution >= 0.6 is 11.3 Å². The molecule has 12 heteroatoms. The third kappa shape index (κ3) is 7.32. The summed E-state index contributed by atoms with van der Waals surface area (Å²) in [6.45, 7) is 9.47. The number of thiophene rings is 1. The van der Waals surface area contributed by atoms with Crippen molar-refractivity contribution in [3.63, 3.8) is 0 Å². The lowest BCUT2D eigenvalue weighted by Crippen LogP contribution is -2.40. The molecule has 0 unspecified atom stereocenters. The fourth-order valence-electron chi connectivity index (χ4n) is 4.86. The Labute approximate surface area is 257 Å². The first-order valence-electron chi connectivity index (χ1n) is 14.2. The monoisotopic (exact) mass is 625 g/mol. The summed E-state index contributed by atoms with van der Waals surface area (Å²) in [5.74, 6) is -1.06. The zero-order valence-electron chi connectivity index (χ0n) is 25.4. The van der Waals surface area contributed by atoms with Crippen LogP contribution in [-0.2, 0) is 29.5 Å². The van der Waals surface area contributed by atoms with Crippen LogP contribution in [0, 0.1) is 0 Å². The maximum atomic E-state index is 13.5. The van der Waals surface area contributed by atoms with Gasteiger partial charge in [0.1, 0.15) is 5.00 Å². The van der Waals surface area contributed by atoms with Crippen molar-refractivity contribution in [2.24, 2.45) is 0 Å². The summed E-state index contributed by atoms with van der Waals surface area (Å²) in [5, 5.41) is 5.61. The maximum Gasteiger partial charge on any atom is 0.323 e. The minimum absolute atomic E-state index is 0.0799. The lowest BCUT2D eigenvalue weighted by molar-refractivity contribution is 0.0956. The van der Waals surface area contributed by atoms with Crippen LogP contribution in [0.3, 0.4) is 0 Å². The number of sulfonamides is 1. The molecule has 4 amide bonds. The van der Waals surface area contributed by atoms with Gasteiger partial charge in [0, 0.05) is 56.3 Å². The predicted molar refractivity (Wildman–Crippen MR) is 169 cm³/mol. The largest absolute Gasteiger partial charge is 0.331 e. The zero-order valence-corrected chi connectivity index (χ0v) is 27.0. The number of hydrogen-bond acceptors (Lipinski definition) is 7. The highest BCUT2D eigenvalue weighted by molar-refractivity contribution is 7.89. The number of urea groups is 1. The van der Waals surface area contributed by atoms with E-state index < -0.39 is 27.9 Å². The Bertz CT molecular complexity index is 1580. The first-order valence-corrected chi connectivity index (χ1v) is 16.4. The van der Waals surface area contributed by atoms with Gasteiger partial charge in [0.2, 0.25) is 10.0 Å². The Balaban J connectivity index is 1.59. The van der Waals surface area contributed by atoms with E-state index in [1.54, 1.807) is 14.1 Å². The van der Waals surface area contributed by atoms with Crippen LogP contribution in [0.15, 0.2) is 59.5 Å². The summed E-state index contributed by atoms with van der Waals surface area (Å²) >= 11 is 1.32.